The second-order valence-electron chi connectivity index (χ2n) is 11.4. The molecule has 3 aliphatic heterocycles. The summed E-state index contributed by atoms with van der Waals surface area (Å²) < 4.78 is 10.9. The first-order chi connectivity index (χ1) is 18.1. The third-order valence-electron chi connectivity index (χ3n) is 8.63. The lowest BCUT2D eigenvalue weighted by atomic mass is 9.75. The van der Waals surface area contributed by atoms with Crippen LogP contribution >= 0.6 is 11.6 Å². The summed E-state index contributed by atoms with van der Waals surface area (Å²) in [5, 5.41) is 17.3. The van der Waals surface area contributed by atoms with Gasteiger partial charge in [0.1, 0.15) is 11.6 Å². The molecule has 2 aromatic rings. The van der Waals surface area contributed by atoms with E-state index in [9.17, 15) is 5.26 Å². The number of aromatic nitrogens is 2. The van der Waals surface area contributed by atoms with Crippen molar-refractivity contribution in [2.75, 3.05) is 56.7 Å². The molecule has 0 bridgehead atoms. The number of hydrogen-bond donors (Lipinski definition) is 2. The van der Waals surface area contributed by atoms with E-state index in [1.165, 1.54) is 25.9 Å². The fourth-order valence-electron chi connectivity index (χ4n) is 6.19. The average Bonchev–Trinajstić information content (AvgIpc) is 2.89. The van der Waals surface area contributed by atoms with Gasteiger partial charge in [-0.3, -0.25) is 4.90 Å². The predicted molar refractivity (Wildman–Crippen MR) is 144 cm³/mol. The topological polar surface area (TPSA) is 95.3 Å². The highest BCUT2D eigenvalue weighted by Crippen LogP contribution is 2.41. The summed E-state index contributed by atoms with van der Waals surface area (Å²) in [5.74, 6) is 1.57. The molecule has 0 radical (unpaired) electrons. The summed E-state index contributed by atoms with van der Waals surface area (Å²) in [6.07, 6.45) is 7.91. The smallest absolute Gasteiger partial charge is 0.126 e. The number of likely N-dealkylation sites (tertiary alicyclic amines) is 1. The molecule has 0 amide bonds. The van der Waals surface area contributed by atoms with Crippen molar-refractivity contribution in [2.45, 2.75) is 50.6 Å². The van der Waals surface area contributed by atoms with E-state index in [0.29, 0.717) is 42.3 Å². The van der Waals surface area contributed by atoms with Gasteiger partial charge in [0, 0.05) is 62.1 Å². The number of nitrogens with zero attached hydrogens (tertiary/aromatic N) is 4. The van der Waals surface area contributed by atoms with Crippen molar-refractivity contribution in [1.82, 2.24) is 14.9 Å². The van der Waals surface area contributed by atoms with Crippen molar-refractivity contribution in [3.63, 3.8) is 0 Å². The third kappa shape index (κ3) is 5.28. The quantitative estimate of drug-likeness (QED) is 0.545. The van der Waals surface area contributed by atoms with Gasteiger partial charge >= 0.3 is 0 Å². The van der Waals surface area contributed by atoms with Gasteiger partial charge in [-0.1, -0.05) is 17.7 Å². The predicted octanol–water partition coefficient (Wildman–Crippen LogP) is 4.58. The van der Waals surface area contributed by atoms with E-state index in [4.69, 9.17) is 26.1 Å². The second kappa shape index (κ2) is 10.4. The van der Waals surface area contributed by atoms with Crippen molar-refractivity contribution in [1.29, 1.82) is 5.26 Å². The van der Waals surface area contributed by atoms with Gasteiger partial charge in [0.05, 0.1) is 35.4 Å². The minimum absolute atomic E-state index is 0.414. The zero-order valence-corrected chi connectivity index (χ0v) is 22.0. The zero-order chi connectivity index (χ0) is 25.3. The van der Waals surface area contributed by atoms with Crippen molar-refractivity contribution in [3.8, 4) is 17.3 Å². The molecule has 37 heavy (non-hydrogen) atoms. The number of nitrogens with one attached hydrogen (secondary N) is 2. The van der Waals surface area contributed by atoms with Crippen LogP contribution in [0.3, 0.4) is 0 Å². The van der Waals surface area contributed by atoms with Crippen LogP contribution in [0.4, 0.5) is 11.6 Å². The molecule has 2 N–H and O–H groups in total. The van der Waals surface area contributed by atoms with Crippen LogP contribution in [-0.4, -0.2) is 73.0 Å². The Hall–Kier alpha value is -2.44. The van der Waals surface area contributed by atoms with Gasteiger partial charge in [-0.05, 0) is 56.7 Å². The van der Waals surface area contributed by atoms with Gasteiger partial charge < -0.3 is 20.1 Å². The molecule has 196 valence electrons. The molecule has 0 unspecified atom stereocenters. The molecule has 5 heterocycles. The van der Waals surface area contributed by atoms with Crippen LogP contribution in [0, 0.1) is 22.2 Å². The molecule has 0 atom stereocenters. The molecule has 0 aromatic carbocycles. The number of halogens is 1. The number of anilines is 2. The summed E-state index contributed by atoms with van der Waals surface area (Å²) in [4.78, 5) is 12.0. The van der Waals surface area contributed by atoms with Gasteiger partial charge in [-0.15, -0.1) is 0 Å². The van der Waals surface area contributed by atoms with E-state index in [1.54, 1.807) is 6.20 Å². The van der Waals surface area contributed by atoms with Crippen LogP contribution in [0.2, 0.25) is 5.02 Å². The van der Waals surface area contributed by atoms with Crippen molar-refractivity contribution in [2.24, 2.45) is 10.8 Å². The summed E-state index contributed by atoms with van der Waals surface area (Å²) in [6, 6.07) is 11.5. The molecule has 4 fully saturated rings. The molecule has 1 aliphatic carbocycles. The number of ether oxygens (including phenoxy) is 2. The third-order valence-corrected chi connectivity index (χ3v) is 8.94. The first-order valence-electron chi connectivity index (χ1n) is 13.5. The van der Waals surface area contributed by atoms with Gasteiger partial charge in [0.25, 0.3) is 0 Å². The number of hydrogen-bond acceptors (Lipinski definition) is 8. The largest absolute Gasteiger partial charge is 0.381 e. The van der Waals surface area contributed by atoms with E-state index in [0.717, 1.165) is 61.8 Å². The van der Waals surface area contributed by atoms with Gasteiger partial charge in [-0.2, -0.15) is 5.26 Å². The summed E-state index contributed by atoms with van der Waals surface area (Å²) in [6.45, 7) is 6.14. The Kier molecular flexibility index (Phi) is 6.97. The van der Waals surface area contributed by atoms with Gasteiger partial charge in [0.2, 0.25) is 0 Å². The molecule has 1 saturated carbocycles. The Morgan fingerprint density at radius 1 is 1.08 bits per heavy atom. The molecule has 9 heteroatoms. The highest BCUT2D eigenvalue weighted by atomic mass is 35.5. The van der Waals surface area contributed by atoms with Crippen LogP contribution in [0.15, 0.2) is 30.5 Å². The molecule has 4 aliphatic rings. The average molecular weight is 523 g/mol. The van der Waals surface area contributed by atoms with Gasteiger partial charge in [0.15, 0.2) is 0 Å². The minimum Gasteiger partial charge on any atom is -0.381 e. The normalized spacial score (nSPS) is 26.5. The van der Waals surface area contributed by atoms with E-state index in [1.807, 2.05) is 24.3 Å². The Bertz CT molecular complexity index is 1140. The maximum Gasteiger partial charge on any atom is 0.126 e. The Labute approximate surface area is 223 Å². The van der Waals surface area contributed by atoms with Crippen LogP contribution in [0.5, 0.6) is 0 Å². The number of pyridine rings is 2. The Balaban J connectivity index is 1.07. The molecule has 6 rings (SSSR count). The molecule has 1 spiro atoms. The molecule has 2 aromatic heterocycles. The maximum atomic E-state index is 9.74. The Morgan fingerprint density at radius 3 is 2.57 bits per heavy atom. The summed E-state index contributed by atoms with van der Waals surface area (Å²) in [5.41, 5.74) is 1.71. The second-order valence-corrected chi connectivity index (χ2v) is 11.8. The first kappa shape index (κ1) is 24.9. The van der Waals surface area contributed by atoms with Crippen LogP contribution in [0.1, 0.15) is 38.5 Å². The van der Waals surface area contributed by atoms with Gasteiger partial charge in [-0.25, -0.2) is 9.97 Å². The van der Waals surface area contributed by atoms with Crippen molar-refractivity contribution in [3.05, 3.63) is 35.5 Å². The number of rotatable bonds is 7. The highest BCUT2D eigenvalue weighted by molar-refractivity contribution is 6.33. The Morgan fingerprint density at radius 2 is 1.86 bits per heavy atom. The molecule has 8 nitrogen and oxygen atoms in total. The van der Waals surface area contributed by atoms with Crippen LogP contribution in [0.25, 0.3) is 11.3 Å². The summed E-state index contributed by atoms with van der Waals surface area (Å²) >= 11 is 6.56. The van der Waals surface area contributed by atoms with Crippen LogP contribution < -0.4 is 10.6 Å². The standard InChI is InChI=1S/C28H35ClN6O2/c29-23-13-31-26(33-20-4-6-21(7-5-20)35-16-28(17-35)18-37-19-28)12-22(23)24-2-1-3-25(34-24)32-15-27(14-30)8-10-36-11-9-27/h1-3,12-13,20-21H,4-11,15-19H2,(H,31,33)(H,32,34). The van der Waals surface area contributed by atoms with E-state index >= 15 is 0 Å². The molecular formula is C28H35ClN6O2. The minimum atomic E-state index is -0.414. The lowest BCUT2D eigenvalue weighted by Crippen LogP contribution is -2.68. The highest BCUT2D eigenvalue weighted by Gasteiger charge is 2.50. The van der Waals surface area contributed by atoms with Crippen molar-refractivity contribution >= 4 is 23.2 Å². The van der Waals surface area contributed by atoms with Crippen molar-refractivity contribution < 1.29 is 9.47 Å². The fraction of sp³-hybridized carbons (Fsp3) is 0.607. The lowest BCUT2D eigenvalue weighted by Gasteiger charge is -2.58. The maximum absolute atomic E-state index is 9.74. The monoisotopic (exact) mass is 522 g/mol. The molecule has 3 saturated heterocycles. The van der Waals surface area contributed by atoms with Crippen LogP contribution in [-0.2, 0) is 9.47 Å². The fourth-order valence-corrected chi connectivity index (χ4v) is 6.39. The lowest BCUT2D eigenvalue weighted by molar-refractivity contribution is -0.200. The zero-order valence-electron chi connectivity index (χ0n) is 21.2. The summed E-state index contributed by atoms with van der Waals surface area (Å²) in [7, 11) is 0. The van der Waals surface area contributed by atoms with E-state index in [-0.39, 0.29) is 0 Å². The van der Waals surface area contributed by atoms with E-state index < -0.39 is 5.41 Å². The molecular weight excluding hydrogens is 488 g/mol. The SMILES string of the molecule is N#CC1(CNc2cccc(-c3cc(NC4CCC(N5CC6(COC6)C5)CC4)ncc3Cl)n2)CCOCC1. The first-order valence-corrected chi connectivity index (χ1v) is 13.9. The van der Waals surface area contributed by atoms with E-state index in [2.05, 4.69) is 26.6 Å². The number of nitriles is 1.